The van der Waals surface area contributed by atoms with Crippen molar-refractivity contribution < 1.29 is 18.7 Å². The Morgan fingerprint density at radius 2 is 1.87 bits per heavy atom. The molecule has 1 saturated heterocycles. The Kier molecular flexibility index (Phi) is 7.08. The van der Waals surface area contributed by atoms with Crippen LogP contribution in [0.4, 0.5) is 4.39 Å². The van der Waals surface area contributed by atoms with Gasteiger partial charge in [-0.3, -0.25) is 9.59 Å². The molecule has 1 aliphatic rings. The lowest BCUT2D eigenvalue weighted by atomic mass is 9.98. The average Bonchev–Trinajstić information content (AvgIpc) is 2.74. The van der Waals surface area contributed by atoms with E-state index in [-0.39, 0.29) is 29.6 Å². The maximum Gasteiger partial charge on any atom is 0.253 e. The van der Waals surface area contributed by atoms with E-state index in [9.17, 15) is 14.0 Å². The fraction of sp³-hybridized carbons (Fsp3) is 0.417. The lowest BCUT2D eigenvalue weighted by Gasteiger charge is -2.32. The van der Waals surface area contributed by atoms with Crippen LogP contribution in [0.2, 0.25) is 0 Å². The standard InChI is InChI=1S/C24H29FN2O3/c1-16(2)26-23(28)19-8-10-21(11-9-19)30-15-18-5-4-12-27(14-18)24(29)20-7-6-17(3)22(25)13-20/h6-11,13,16,18H,4-5,12,14-15H2,1-3H3,(H,26,28). The third kappa shape index (κ3) is 5.59. The van der Waals surface area contributed by atoms with Crippen LogP contribution in [0.5, 0.6) is 5.75 Å². The van der Waals surface area contributed by atoms with Gasteiger partial charge in [0, 0.05) is 36.2 Å². The molecule has 3 rings (SSSR count). The summed E-state index contributed by atoms with van der Waals surface area (Å²) >= 11 is 0. The predicted octanol–water partition coefficient (Wildman–Crippen LogP) is 4.20. The van der Waals surface area contributed by atoms with E-state index in [4.69, 9.17) is 4.74 Å². The molecule has 0 aromatic heterocycles. The van der Waals surface area contributed by atoms with E-state index in [0.29, 0.717) is 42.1 Å². The van der Waals surface area contributed by atoms with E-state index in [1.165, 1.54) is 6.07 Å². The van der Waals surface area contributed by atoms with Gasteiger partial charge in [-0.05, 0) is 75.6 Å². The summed E-state index contributed by atoms with van der Waals surface area (Å²) in [5.41, 5.74) is 1.51. The summed E-state index contributed by atoms with van der Waals surface area (Å²) in [5, 5.41) is 2.86. The molecule has 2 aromatic rings. The van der Waals surface area contributed by atoms with Crippen LogP contribution in [-0.2, 0) is 0 Å². The molecule has 160 valence electrons. The van der Waals surface area contributed by atoms with Crippen molar-refractivity contribution in [2.45, 2.75) is 39.7 Å². The summed E-state index contributed by atoms with van der Waals surface area (Å²) in [6.45, 7) is 7.27. The van der Waals surface area contributed by atoms with Crippen LogP contribution in [0.3, 0.4) is 0 Å². The highest BCUT2D eigenvalue weighted by molar-refractivity contribution is 5.94. The molecule has 0 saturated carbocycles. The number of rotatable bonds is 6. The minimum absolute atomic E-state index is 0.0850. The van der Waals surface area contributed by atoms with Crippen LogP contribution in [0.15, 0.2) is 42.5 Å². The monoisotopic (exact) mass is 412 g/mol. The fourth-order valence-corrected chi connectivity index (χ4v) is 3.56. The quantitative estimate of drug-likeness (QED) is 0.774. The lowest BCUT2D eigenvalue weighted by Crippen LogP contribution is -2.41. The number of piperidine rings is 1. The highest BCUT2D eigenvalue weighted by atomic mass is 19.1. The number of likely N-dealkylation sites (tertiary alicyclic amines) is 1. The van der Waals surface area contributed by atoms with Gasteiger partial charge in [0.2, 0.25) is 0 Å². The molecule has 0 radical (unpaired) electrons. The van der Waals surface area contributed by atoms with Crippen molar-refractivity contribution in [2.75, 3.05) is 19.7 Å². The van der Waals surface area contributed by atoms with Gasteiger partial charge in [-0.15, -0.1) is 0 Å². The van der Waals surface area contributed by atoms with Gasteiger partial charge < -0.3 is 15.0 Å². The smallest absolute Gasteiger partial charge is 0.253 e. The van der Waals surface area contributed by atoms with Crippen molar-refractivity contribution >= 4 is 11.8 Å². The second kappa shape index (κ2) is 9.74. The Labute approximate surface area is 177 Å². The van der Waals surface area contributed by atoms with Gasteiger partial charge in [0.15, 0.2) is 0 Å². The SMILES string of the molecule is Cc1ccc(C(=O)N2CCCC(COc3ccc(C(=O)NC(C)C)cc3)C2)cc1F. The third-order valence-corrected chi connectivity index (χ3v) is 5.25. The number of nitrogens with one attached hydrogen (secondary N) is 1. The summed E-state index contributed by atoms with van der Waals surface area (Å²) in [7, 11) is 0. The van der Waals surface area contributed by atoms with Gasteiger partial charge >= 0.3 is 0 Å². The number of nitrogens with zero attached hydrogens (tertiary/aromatic N) is 1. The summed E-state index contributed by atoms with van der Waals surface area (Å²) < 4.78 is 19.7. The Bertz CT molecular complexity index is 896. The number of carbonyl (C=O) groups excluding carboxylic acids is 2. The zero-order valence-corrected chi connectivity index (χ0v) is 17.8. The lowest BCUT2D eigenvalue weighted by molar-refractivity contribution is 0.0633. The minimum atomic E-state index is -0.358. The van der Waals surface area contributed by atoms with E-state index in [0.717, 1.165) is 12.8 Å². The van der Waals surface area contributed by atoms with E-state index < -0.39 is 0 Å². The molecular weight excluding hydrogens is 383 g/mol. The van der Waals surface area contributed by atoms with Gasteiger partial charge in [0.05, 0.1) is 6.61 Å². The summed E-state index contributed by atoms with van der Waals surface area (Å²) in [4.78, 5) is 26.5. The van der Waals surface area contributed by atoms with Crippen molar-refractivity contribution in [3.05, 3.63) is 65.0 Å². The molecule has 1 atom stereocenters. The van der Waals surface area contributed by atoms with Gasteiger partial charge in [-0.1, -0.05) is 6.07 Å². The van der Waals surface area contributed by atoms with Crippen molar-refractivity contribution in [1.29, 1.82) is 0 Å². The van der Waals surface area contributed by atoms with Crippen LogP contribution in [-0.4, -0.2) is 42.5 Å². The Hall–Kier alpha value is -2.89. The number of carbonyl (C=O) groups is 2. The number of aryl methyl sites for hydroxylation is 1. The number of halogens is 1. The Morgan fingerprint density at radius 1 is 1.17 bits per heavy atom. The molecule has 0 spiro atoms. The predicted molar refractivity (Wildman–Crippen MR) is 114 cm³/mol. The Morgan fingerprint density at radius 3 is 2.53 bits per heavy atom. The van der Waals surface area contributed by atoms with Crippen molar-refractivity contribution in [3.63, 3.8) is 0 Å². The Balaban J connectivity index is 1.54. The normalized spacial score (nSPS) is 16.4. The number of benzene rings is 2. The van der Waals surface area contributed by atoms with Gasteiger partial charge in [0.1, 0.15) is 11.6 Å². The first-order chi connectivity index (χ1) is 14.3. The molecule has 1 heterocycles. The van der Waals surface area contributed by atoms with Crippen molar-refractivity contribution in [2.24, 2.45) is 5.92 Å². The molecule has 1 fully saturated rings. The van der Waals surface area contributed by atoms with E-state index >= 15 is 0 Å². The van der Waals surface area contributed by atoms with E-state index in [1.807, 2.05) is 13.8 Å². The zero-order chi connectivity index (χ0) is 21.7. The molecule has 6 heteroatoms. The summed E-state index contributed by atoms with van der Waals surface area (Å²) in [5.74, 6) is 0.301. The first kappa shape index (κ1) is 21.8. The second-order valence-corrected chi connectivity index (χ2v) is 8.19. The second-order valence-electron chi connectivity index (χ2n) is 8.19. The van der Waals surface area contributed by atoms with E-state index in [2.05, 4.69) is 5.32 Å². The molecule has 1 N–H and O–H groups in total. The third-order valence-electron chi connectivity index (χ3n) is 5.25. The van der Waals surface area contributed by atoms with Crippen LogP contribution in [0, 0.1) is 18.7 Å². The van der Waals surface area contributed by atoms with Crippen LogP contribution in [0.1, 0.15) is 53.0 Å². The number of amides is 2. The molecular formula is C24H29FN2O3. The minimum Gasteiger partial charge on any atom is -0.493 e. The molecule has 2 amide bonds. The summed E-state index contributed by atoms with van der Waals surface area (Å²) in [6, 6.07) is 11.8. The molecule has 30 heavy (non-hydrogen) atoms. The molecule has 0 aliphatic carbocycles. The largest absolute Gasteiger partial charge is 0.493 e. The average molecular weight is 413 g/mol. The zero-order valence-electron chi connectivity index (χ0n) is 17.8. The van der Waals surface area contributed by atoms with Gasteiger partial charge in [-0.25, -0.2) is 4.39 Å². The first-order valence-electron chi connectivity index (χ1n) is 10.4. The van der Waals surface area contributed by atoms with Crippen LogP contribution < -0.4 is 10.1 Å². The van der Waals surface area contributed by atoms with E-state index in [1.54, 1.807) is 48.2 Å². The van der Waals surface area contributed by atoms with Crippen LogP contribution >= 0.6 is 0 Å². The topological polar surface area (TPSA) is 58.6 Å². The molecule has 1 aliphatic heterocycles. The van der Waals surface area contributed by atoms with Gasteiger partial charge in [0.25, 0.3) is 11.8 Å². The number of ether oxygens (including phenoxy) is 1. The number of hydrogen-bond acceptors (Lipinski definition) is 3. The number of hydrogen-bond donors (Lipinski definition) is 1. The first-order valence-corrected chi connectivity index (χ1v) is 10.4. The molecule has 5 nitrogen and oxygen atoms in total. The molecule has 1 unspecified atom stereocenters. The highest BCUT2D eigenvalue weighted by Crippen LogP contribution is 2.21. The fourth-order valence-electron chi connectivity index (χ4n) is 3.56. The molecule has 2 aromatic carbocycles. The van der Waals surface area contributed by atoms with Crippen molar-refractivity contribution in [3.8, 4) is 5.75 Å². The summed E-state index contributed by atoms with van der Waals surface area (Å²) in [6.07, 6.45) is 1.86. The van der Waals surface area contributed by atoms with Crippen molar-refractivity contribution in [1.82, 2.24) is 10.2 Å². The van der Waals surface area contributed by atoms with Gasteiger partial charge in [-0.2, -0.15) is 0 Å². The maximum atomic E-state index is 13.8. The maximum absolute atomic E-state index is 13.8. The van der Waals surface area contributed by atoms with Crippen LogP contribution in [0.25, 0.3) is 0 Å². The highest BCUT2D eigenvalue weighted by Gasteiger charge is 2.25. The molecule has 0 bridgehead atoms.